The van der Waals surface area contributed by atoms with Crippen LogP contribution in [-0.2, 0) is 33.9 Å². The Bertz CT molecular complexity index is 736. The summed E-state index contributed by atoms with van der Waals surface area (Å²) in [6.45, 7) is 7.70. The van der Waals surface area contributed by atoms with Gasteiger partial charge in [0.25, 0.3) is 0 Å². The minimum atomic E-state index is -1.30. The van der Waals surface area contributed by atoms with Crippen LogP contribution in [0.5, 0.6) is 0 Å². The summed E-state index contributed by atoms with van der Waals surface area (Å²) in [5.74, 6) is 0. The van der Waals surface area contributed by atoms with E-state index in [1.165, 1.54) is 4.90 Å². The second-order valence-electron chi connectivity index (χ2n) is 8.42. The third-order valence-corrected chi connectivity index (χ3v) is 6.92. The first-order chi connectivity index (χ1) is 13.6. The molecule has 0 spiro atoms. The SMILES string of the molecule is CC(C)(C)[S@+]([O-])N[C@@H](CCC1OCCCO1)c1cc(Cl)cc2c1CN(C(=O)O)C2. The van der Waals surface area contributed by atoms with Gasteiger partial charge in [-0.05, 0) is 62.4 Å². The van der Waals surface area contributed by atoms with Gasteiger partial charge < -0.3 is 19.1 Å². The van der Waals surface area contributed by atoms with E-state index in [-0.39, 0.29) is 12.3 Å². The van der Waals surface area contributed by atoms with Gasteiger partial charge in [0.1, 0.15) is 4.75 Å². The molecule has 0 bridgehead atoms. The third-order valence-electron chi connectivity index (χ3n) is 5.09. The van der Waals surface area contributed by atoms with E-state index in [9.17, 15) is 14.5 Å². The Morgan fingerprint density at radius 3 is 2.69 bits per heavy atom. The molecule has 29 heavy (non-hydrogen) atoms. The molecule has 3 rings (SSSR count). The number of fused-ring (bicyclic) bond motifs is 1. The van der Waals surface area contributed by atoms with Gasteiger partial charge in [-0.25, -0.2) is 4.79 Å². The highest BCUT2D eigenvalue weighted by Crippen LogP contribution is 2.36. The molecule has 0 saturated carbocycles. The predicted octanol–water partition coefficient (Wildman–Crippen LogP) is 3.97. The number of nitrogens with one attached hydrogen (secondary N) is 1. The van der Waals surface area contributed by atoms with Crippen molar-refractivity contribution in [2.24, 2.45) is 0 Å². The molecule has 2 aliphatic rings. The second-order valence-corrected chi connectivity index (χ2v) is 10.9. The van der Waals surface area contributed by atoms with Gasteiger partial charge in [0.15, 0.2) is 6.29 Å². The van der Waals surface area contributed by atoms with Crippen molar-refractivity contribution in [1.82, 2.24) is 9.62 Å². The number of rotatable bonds is 6. The van der Waals surface area contributed by atoms with Crippen LogP contribution in [0.25, 0.3) is 0 Å². The van der Waals surface area contributed by atoms with Crippen molar-refractivity contribution >= 4 is 29.1 Å². The Kier molecular flexibility index (Phi) is 7.35. The summed E-state index contributed by atoms with van der Waals surface area (Å²) in [6, 6.07) is 3.41. The number of amides is 1. The van der Waals surface area contributed by atoms with Crippen LogP contribution in [0.1, 0.15) is 62.8 Å². The number of benzene rings is 1. The maximum atomic E-state index is 12.9. The average Bonchev–Trinajstić information content (AvgIpc) is 3.08. The molecule has 0 unspecified atom stereocenters. The zero-order valence-corrected chi connectivity index (χ0v) is 18.6. The highest BCUT2D eigenvalue weighted by molar-refractivity contribution is 7.90. The molecule has 2 N–H and O–H groups in total. The van der Waals surface area contributed by atoms with Gasteiger partial charge in [-0.3, -0.25) is 4.90 Å². The van der Waals surface area contributed by atoms with Crippen LogP contribution in [0.3, 0.4) is 0 Å². The number of carbonyl (C=O) groups is 1. The van der Waals surface area contributed by atoms with Crippen molar-refractivity contribution in [2.45, 2.75) is 70.2 Å². The van der Waals surface area contributed by atoms with Gasteiger partial charge >= 0.3 is 6.09 Å². The number of nitrogens with zero attached hydrogens (tertiary/aromatic N) is 1. The summed E-state index contributed by atoms with van der Waals surface area (Å²) < 4.78 is 27.0. The zero-order chi connectivity index (χ0) is 21.2. The molecular formula is C20H29ClN2O5S. The van der Waals surface area contributed by atoms with Gasteiger partial charge in [0, 0.05) is 29.4 Å². The fourth-order valence-electron chi connectivity index (χ4n) is 3.54. The summed E-state index contributed by atoms with van der Waals surface area (Å²) in [5.41, 5.74) is 2.73. The van der Waals surface area contributed by atoms with Gasteiger partial charge in [-0.15, -0.1) is 4.72 Å². The first kappa shape index (κ1) is 22.7. The molecule has 2 atom stereocenters. The van der Waals surface area contributed by atoms with Crippen molar-refractivity contribution in [3.8, 4) is 0 Å². The Morgan fingerprint density at radius 2 is 2.07 bits per heavy atom. The van der Waals surface area contributed by atoms with E-state index < -0.39 is 22.2 Å². The van der Waals surface area contributed by atoms with Crippen molar-refractivity contribution in [1.29, 1.82) is 0 Å². The molecule has 7 nitrogen and oxygen atoms in total. The monoisotopic (exact) mass is 444 g/mol. The van der Waals surface area contributed by atoms with Crippen molar-refractivity contribution in [3.05, 3.63) is 33.8 Å². The second kappa shape index (κ2) is 9.41. The largest absolute Gasteiger partial charge is 0.598 e. The van der Waals surface area contributed by atoms with Crippen LogP contribution in [0.2, 0.25) is 5.02 Å². The average molecular weight is 445 g/mol. The van der Waals surface area contributed by atoms with Crippen molar-refractivity contribution in [2.75, 3.05) is 13.2 Å². The quantitative estimate of drug-likeness (QED) is 0.645. The standard InChI is InChI=1S/C20H29ClN2O5S/c1-20(2,3)29(26)22-17(5-6-18-27-7-4-8-28-18)15-10-14(21)9-13-11-23(19(24)25)12-16(13)15/h9-10,17-18,22H,4-8,11-12H2,1-3H3,(H,24,25)/t17-,29-/m0/s1. The molecule has 2 heterocycles. The molecule has 1 saturated heterocycles. The highest BCUT2D eigenvalue weighted by atomic mass is 35.5. The molecule has 2 aliphatic heterocycles. The molecule has 9 heteroatoms. The van der Waals surface area contributed by atoms with Gasteiger partial charge in [-0.1, -0.05) is 11.6 Å². The van der Waals surface area contributed by atoms with Crippen LogP contribution in [0.4, 0.5) is 4.79 Å². The summed E-state index contributed by atoms with van der Waals surface area (Å²) in [5, 5.41) is 9.95. The maximum absolute atomic E-state index is 12.9. The van der Waals surface area contributed by atoms with E-state index in [4.69, 9.17) is 21.1 Å². The van der Waals surface area contributed by atoms with Crippen molar-refractivity contribution in [3.63, 3.8) is 0 Å². The minimum Gasteiger partial charge on any atom is -0.598 e. The Hall–Kier alpha value is -1.03. The van der Waals surface area contributed by atoms with E-state index in [2.05, 4.69) is 4.72 Å². The summed E-state index contributed by atoms with van der Waals surface area (Å²) in [4.78, 5) is 12.8. The van der Waals surface area contributed by atoms with E-state index >= 15 is 0 Å². The van der Waals surface area contributed by atoms with Crippen LogP contribution in [0.15, 0.2) is 12.1 Å². The zero-order valence-electron chi connectivity index (χ0n) is 17.1. The molecule has 0 radical (unpaired) electrons. The molecule has 1 aromatic rings. The maximum Gasteiger partial charge on any atom is 0.407 e. The first-order valence-electron chi connectivity index (χ1n) is 9.85. The molecule has 1 aromatic carbocycles. The summed E-state index contributed by atoms with van der Waals surface area (Å²) >= 11 is 5.06. The predicted molar refractivity (Wildman–Crippen MR) is 112 cm³/mol. The highest BCUT2D eigenvalue weighted by Gasteiger charge is 2.34. The fourth-order valence-corrected chi connectivity index (χ4v) is 4.64. The first-order valence-corrected chi connectivity index (χ1v) is 11.4. The number of hydrogen-bond donors (Lipinski definition) is 2. The number of hydrogen-bond acceptors (Lipinski definition) is 5. The van der Waals surface area contributed by atoms with E-state index in [0.29, 0.717) is 44.2 Å². The fraction of sp³-hybridized carbons (Fsp3) is 0.650. The Labute approximate surface area is 180 Å². The molecular weight excluding hydrogens is 416 g/mol. The molecule has 1 amide bonds. The lowest BCUT2D eigenvalue weighted by Crippen LogP contribution is -2.42. The molecule has 0 aromatic heterocycles. The van der Waals surface area contributed by atoms with Gasteiger partial charge in [0.2, 0.25) is 0 Å². The van der Waals surface area contributed by atoms with Crippen LogP contribution < -0.4 is 4.72 Å². The lowest BCUT2D eigenvalue weighted by atomic mass is 9.95. The number of ether oxygens (including phenoxy) is 2. The third kappa shape index (κ3) is 5.77. The molecule has 162 valence electrons. The number of carboxylic acid groups (broad SMARTS) is 1. The lowest BCUT2D eigenvalue weighted by molar-refractivity contribution is -0.182. The van der Waals surface area contributed by atoms with Crippen LogP contribution in [0, 0.1) is 0 Å². The van der Waals surface area contributed by atoms with Crippen LogP contribution in [-0.4, -0.2) is 44.9 Å². The van der Waals surface area contributed by atoms with Crippen molar-refractivity contribution < 1.29 is 23.9 Å². The Balaban J connectivity index is 1.86. The normalized spacial score (nSPS) is 19.8. The van der Waals surface area contributed by atoms with E-state index in [0.717, 1.165) is 23.1 Å². The van der Waals surface area contributed by atoms with E-state index in [1.54, 1.807) is 0 Å². The smallest absolute Gasteiger partial charge is 0.407 e. The van der Waals surface area contributed by atoms with Gasteiger partial charge in [-0.2, -0.15) is 0 Å². The lowest BCUT2D eigenvalue weighted by Gasteiger charge is -2.30. The van der Waals surface area contributed by atoms with Gasteiger partial charge in [0.05, 0.1) is 25.8 Å². The minimum absolute atomic E-state index is 0.259. The number of halogens is 1. The summed E-state index contributed by atoms with van der Waals surface area (Å²) in [7, 11) is 0. The topological polar surface area (TPSA) is 94.1 Å². The van der Waals surface area contributed by atoms with E-state index in [1.807, 2.05) is 32.9 Å². The Morgan fingerprint density at radius 1 is 1.38 bits per heavy atom. The molecule has 0 aliphatic carbocycles. The van der Waals surface area contributed by atoms with Crippen LogP contribution >= 0.6 is 11.6 Å². The molecule has 1 fully saturated rings. The summed E-state index contributed by atoms with van der Waals surface area (Å²) in [6.07, 6.45) is 0.919.